The zero-order valence-corrected chi connectivity index (χ0v) is 10.9. The summed E-state index contributed by atoms with van der Waals surface area (Å²) in [6.07, 6.45) is 0. The van der Waals surface area contributed by atoms with Gasteiger partial charge in [-0.15, -0.1) is 0 Å². The average Bonchev–Trinajstić information content (AvgIpc) is 0.722. The van der Waals surface area contributed by atoms with Crippen molar-refractivity contribution in [2.45, 2.75) is 0 Å². The van der Waals surface area contributed by atoms with Crippen LogP contribution in [0.1, 0.15) is 0 Å². The van der Waals surface area contributed by atoms with Gasteiger partial charge in [0, 0.05) is 0 Å². The number of hydrogen-bond donors (Lipinski definition) is 0. The van der Waals surface area contributed by atoms with Crippen molar-refractivity contribution in [2.24, 2.45) is 0 Å². The molecular formula is H12Cl4O6W. The Hall–Kier alpha value is 1.61. The third-order valence-electron chi connectivity index (χ3n) is 0. The Balaban J connectivity index is -0.00000000533. The molecule has 0 bridgehead atoms. The van der Waals surface area contributed by atoms with Crippen LogP contribution in [-0.2, 0) is 11.9 Å². The fraction of sp³-hybridized carbons (Fsp3) is 0. The van der Waals surface area contributed by atoms with E-state index in [0.29, 0.717) is 0 Å². The molecule has 0 aliphatic rings. The van der Waals surface area contributed by atoms with E-state index in [2.05, 4.69) is 0 Å². The average molecular weight is 434 g/mol. The predicted octanol–water partition coefficient (Wildman–Crippen LogP) is -2.19. The molecule has 0 radical (unpaired) electrons. The Morgan fingerprint density at radius 2 is 0.455 bits per heavy atom. The molecule has 0 rings (SSSR count). The zero-order chi connectivity index (χ0) is 4.50. The molecule has 0 saturated heterocycles. The summed E-state index contributed by atoms with van der Waals surface area (Å²) in [4.78, 5) is 0. The molecular weight excluding hydrogens is 422 g/mol. The fourth-order valence-corrected chi connectivity index (χ4v) is 0. The van der Waals surface area contributed by atoms with E-state index in [-0.39, 0.29) is 32.9 Å². The van der Waals surface area contributed by atoms with E-state index in [9.17, 15) is 0 Å². The summed E-state index contributed by atoms with van der Waals surface area (Å²) in [5.74, 6) is 0. The van der Waals surface area contributed by atoms with E-state index < -0.39 is 11.9 Å². The molecule has 11 heteroatoms. The second-order valence-corrected chi connectivity index (χ2v) is 25.8. The van der Waals surface area contributed by atoms with Crippen LogP contribution in [0.5, 0.6) is 0 Å². The second-order valence-electron chi connectivity index (χ2n) is 0.350. The number of halogens is 4. The first-order chi connectivity index (χ1) is 2.00. The van der Waals surface area contributed by atoms with Gasteiger partial charge in [-0.05, 0) is 0 Å². The van der Waals surface area contributed by atoms with E-state index in [0.717, 1.165) is 0 Å². The molecule has 0 spiro atoms. The topological polar surface area (TPSA) is 189 Å². The van der Waals surface area contributed by atoms with E-state index in [1.165, 1.54) is 0 Å². The molecule has 0 atom stereocenters. The quantitative estimate of drug-likeness (QED) is 0.401. The van der Waals surface area contributed by atoms with Crippen LogP contribution in [-0.4, -0.2) is 32.9 Å². The molecule has 0 aromatic rings. The Morgan fingerprint density at radius 3 is 0.455 bits per heavy atom. The van der Waals surface area contributed by atoms with Crippen molar-refractivity contribution in [1.82, 2.24) is 0 Å². The van der Waals surface area contributed by atoms with Gasteiger partial charge in [0.1, 0.15) is 0 Å². The Morgan fingerprint density at radius 1 is 0.455 bits per heavy atom. The molecule has 0 aromatic heterocycles. The van der Waals surface area contributed by atoms with Crippen LogP contribution in [0, 0.1) is 0 Å². The van der Waals surface area contributed by atoms with Crippen LogP contribution < -0.4 is 0 Å². The van der Waals surface area contributed by atoms with Gasteiger partial charge in [0.05, 0.1) is 0 Å². The minimum absolute atomic E-state index is 0. The first kappa shape index (κ1) is 54.0. The van der Waals surface area contributed by atoms with Gasteiger partial charge in [0.25, 0.3) is 0 Å². The molecule has 0 aliphatic heterocycles. The van der Waals surface area contributed by atoms with E-state index in [4.69, 9.17) is 37.7 Å². The molecule has 0 unspecified atom stereocenters. The van der Waals surface area contributed by atoms with Gasteiger partial charge in [-0.3, -0.25) is 0 Å². The van der Waals surface area contributed by atoms with Crippen LogP contribution in [0.15, 0.2) is 0 Å². The van der Waals surface area contributed by atoms with Crippen molar-refractivity contribution in [3.8, 4) is 0 Å². The summed E-state index contributed by atoms with van der Waals surface area (Å²) in [6, 6.07) is 0. The number of hydrogen-bond acceptors (Lipinski definition) is 0. The summed E-state index contributed by atoms with van der Waals surface area (Å²) < 4.78 is 0. The Bertz CT molecular complexity index is 30.1. The van der Waals surface area contributed by atoms with Crippen molar-refractivity contribution in [1.29, 1.82) is 0 Å². The van der Waals surface area contributed by atoms with E-state index >= 15 is 0 Å². The summed E-state index contributed by atoms with van der Waals surface area (Å²) in [5, 5.41) is 0. The zero-order valence-electron chi connectivity index (χ0n) is 4.92. The van der Waals surface area contributed by atoms with Gasteiger partial charge in [-0.25, -0.2) is 0 Å². The molecule has 11 heavy (non-hydrogen) atoms. The van der Waals surface area contributed by atoms with Crippen LogP contribution >= 0.6 is 37.7 Å². The molecule has 0 heterocycles. The molecule has 6 nitrogen and oxygen atoms in total. The van der Waals surface area contributed by atoms with Gasteiger partial charge in [-0.1, -0.05) is 0 Å². The predicted molar refractivity (Wildman–Crippen MR) is 45.1 cm³/mol. The maximum atomic E-state index is 5.03. The summed E-state index contributed by atoms with van der Waals surface area (Å²) in [5.41, 5.74) is 0. The molecule has 0 amide bonds. The van der Waals surface area contributed by atoms with Gasteiger partial charge in [-0.2, -0.15) is 0 Å². The summed E-state index contributed by atoms with van der Waals surface area (Å²) in [7, 11) is 20.1. The Labute approximate surface area is 82.1 Å². The van der Waals surface area contributed by atoms with Crippen molar-refractivity contribution in [3.63, 3.8) is 0 Å². The standard InChI is InChI=1S/4ClH.6H2O.W/h4*1H;6*1H2;/q;;;;;;;;;;+4/p-4. The van der Waals surface area contributed by atoms with Crippen LogP contribution in [0.3, 0.4) is 0 Å². The second kappa shape index (κ2) is 22.6. The van der Waals surface area contributed by atoms with Crippen LogP contribution in [0.25, 0.3) is 0 Å². The van der Waals surface area contributed by atoms with E-state index in [1.54, 1.807) is 0 Å². The monoisotopic (exact) mass is 432 g/mol. The van der Waals surface area contributed by atoms with Crippen molar-refractivity contribution < 1.29 is 44.8 Å². The fourth-order valence-electron chi connectivity index (χ4n) is 0. The summed E-state index contributed by atoms with van der Waals surface area (Å²) >= 11 is -3.28. The van der Waals surface area contributed by atoms with Crippen molar-refractivity contribution >= 4 is 37.7 Å². The van der Waals surface area contributed by atoms with Gasteiger partial charge in [0.15, 0.2) is 0 Å². The molecule has 0 aromatic carbocycles. The van der Waals surface area contributed by atoms with Crippen molar-refractivity contribution in [3.05, 3.63) is 0 Å². The van der Waals surface area contributed by atoms with Gasteiger partial charge < -0.3 is 32.9 Å². The minimum atomic E-state index is -3.28. The molecule has 0 aliphatic carbocycles. The van der Waals surface area contributed by atoms with Gasteiger partial charge in [0.2, 0.25) is 0 Å². The third kappa shape index (κ3) is 414. The molecule has 82 valence electrons. The molecule has 0 fully saturated rings. The first-order valence-corrected chi connectivity index (χ1v) is 15.2. The first-order valence-electron chi connectivity index (χ1n) is 0.617. The SMILES string of the molecule is O.O.O.O.O.O.[Cl][W]([Cl])([Cl])[Cl]. The Kier molecular flexibility index (Phi) is 111. The summed E-state index contributed by atoms with van der Waals surface area (Å²) in [6.45, 7) is 0. The normalized spacial score (nSPS) is 6.91. The maximum absolute atomic E-state index is 5.03. The van der Waals surface area contributed by atoms with Crippen molar-refractivity contribution in [2.75, 3.05) is 0 Å². The van der Waals surface area contributed by atoms with E-state index in [1.807, 2.05) is 0 Å². The third-order valence-corrected chi connectivity index (χ3v) is 0. The molecule has 12 N–H and O–H groups in total. The van der Waals surface area contributed by atoms with Crippen LogP contribution in [0.2, 0.25) is 0 Å². The number of rotatable bonds is 0. The van der Waals surface area contributed by atoms with Crippen LogP contribution in [0.4, 0.5) is 0 Å². The molecule has 0 saturated carbocycles. The van der Waals surface area contributed by atoms with Gasteiger partial charge >= 0.3 is 49.6 Å².